The number of nitrogens with zero attached hydrogens (tertiary/aromatic N) is 2. The zero-order chi connectivity index (χ0) is 14.6. The van der Waals surface area contributed by atoms with Crippen LogP contribution in [0.25, 0.3) is 0 Å². The van der Waals surface area contributed by atoms with Gasteiger partial charge in [-0.1, -0.05) is 6.92 Å². The van der Waals surface area contributed by atoms with Crippen molar-refractivity contribution >= 4 is 6.03 Å². The minimum absolute atomic E-state index is 0.139. The molecule has 0 aromatic rings. The van der Waals surface area contributed by atoms with E-state index in [0.29, 0.717) is 11.5 Å². The van der Waals surface area contributed by atoms with E-state index in [0.717, 1.165) is 58.5 Å². The van der Waals surface area contributed by atoms with E-state index in [2.05, 4.69) is 12.2 Å². The number of carbonyl (C=O) groups excluding carboxylic acids is 1. The monoisotopic (exact) mass is 283 g/mol. The molecular weight excluding hydrogens is 254 g/mol. The van der Waals surface area contributed by atoms with Crippen molar-refractivity contribution in [3.8, 4) is 0 Å². The molecule has 0 spiro atoms. The van der Waals surface area contributed by atoms with Crippen LogP contribution in [0, 0.1) is 5.41 Å². The molecule has 2 saturated heterocycles. The molecule has 2 aliphatic rings. The van der Waals surface area contributed by atoms with Crippen molar-refractivity contribution in [1.82, 2.24) is 15.1 Å². The van der Waals surface area contributed by atoms with Gasteiger partial charge in [0.15, 0.2) is 0 Å². The molecule has 2 rings (SSSR count). The lowest BCUT2D eigenvalue weighted by molar-refractivity contribution is 0.0218. The Morgan fingerprint density at radius 1 is 1.30 bits per heavy atom. The molecule has 1 N–H and O–H groups in total. The van der Waals surface area contributed by atoms with Crippen LogP contribution >= 0.6 is 0 Å². The van der Waals surface area contributed by atoms with Gasteiger partial charge in [0.1, 0.15) is 0 Å². The SMILES string of the molecule is CN(C)C(=O)N1CCC(NCC2(C)CCOCC2)CC1. The molecule has 0 aromatic carbocycles. The zero-order valence-corrected chi connectivity index (χ0v) is 13.2. The molecule has 2 amide bonds. The summed E-state index contributed by atoms with van der Waals surface area (Å²) < 4.78 is 5.44. The summed E-state index contributed by atoms with van der Waals surface area (Å²) in [7, 11) is 3.64. The summed E-state index contributed by atoms with van der Waals surface area (Å²) in [5.74, 6) is 0. The Bertz CT molecular complexity index is 319. The van der Waals surface area contributed by atoms with Crippen LogP contribution in [0.1, 0.15) is 32.6 Å². The highest BCUT2D eigenvalue weighted by atomic mass is 16.5. The van der Waals surface area contributed by atoms with E-state index in [4.69, 9.17) is 4.74 Å². The fourth-order valence-corrected chi connectivity index (χ4v) is 2.99. The molecule has 0 unspecified atom stereocenters. The van der Waals surface area contributed by atoms with Crippen LogP contribution in [-0.2, 0) is 4.74 Å². The summed E-state index contributed by atoms with van der Waals surface area (Å²) in [6, 6.07) is 0.695. The maximum atomic E-state index is 11.9. The third kappa shape index (κ3) is 4.09. The lowest BCUT2D eigenvalue weighted by atomic mass is 9.82. The Kier molecular flexibility index (Phi) is 5.27. The van der Waals surface area contributed by atoms with Crippen LogP contribution in [-0.4, -0.2) is 68.8 Å². The topological polar surface area (TPSA) is 44.8 Å². The molecule has 2 aliphatic heterocycles. The Balaban J connectivity index is 1.70. The minimum atomic E-state index is 0.139. The smallest absolute Gasteiger partial charge is 0.319 e. The van der Waals surface area contributed by atoms with E-state index in [1.807, 2.05) is 19.0 Å². The molecule has 116 valence electrons. The van der Waals surface area contributed by atoms with E-state index in [9.17, 15) is 4.79 Å². The van der Waals surface area contributed by atoms with Gasteiger partial charge in [0.2, 0.25) is 0 Å². The molecule has 2 fully saturated rings. The van der Waals surface area contributed by atoms with Gasteiger partial charge in [0.25, 0.3) is 0 Å². The van der Waals surface area contributed by atoms with Crippen molar-refractivity contribution in [2.45, 2.75) is 38.6 Å². The number of piperidine rings is 1. The third-order valence-corrected chi connectivity index (χ3v) is 4.67. The first-order chi connectivity index (χ1) is 9.50. The van der Waals surface area contributed by atoms with Crippen molar-refractivity contribution < 1.29 is 9.53 Å². The number of ether oxygens (including phenoxy) is 1. The zero-order valence-electron chi connectivity index (χ0n) is 13.2. The van der Waals surface area contributed by atoms with Gasteiger partial charge in [-0.3, -0.25) is 0 Å². The Hall–Kier alpha value is -0.810. The lowest BCUT2D eigenvalue weighted by Gasteiger charge is -2.38. The molecule has 5 nitrogen and oxygen atoms in total. The second-order valence-corrected chi connectivity index (χ2v) is 6.74. The van der Waals surface area contributed by atoms with E-state index in [1.165, 1.54) is 0 Å². The second-order valence-electron chi connectivity index (χ2n) is 6.74. The molecule has 5 heteroatoms. The highest BCUT2D eigenvalue weighted by molar-refractivity contribution is 5.73. The van der Waals surface area contributed by atoms with Crippen LogP contribution in [0.3, 0.4) is 0 Å². The molecule has 0 atom stereocenters. The summed E-state index contributed by atoms with van der Waals surface area (Å²) in [5.41, 5.74) is 0.384. The predicted molar refractivity (Wildman–Crippen MR) is 79.8 cm³/mol. The first-order valence-electron chi connectivity index (χ1n) is 7.77. The quantitative estimate of drug-likeness (QED) is 0.854. The van der Waals surface area contributed by atoms with Crippen LogP contribution in [0.2, 0.25) is 0 Å². The number of hydrogen-bond acceptors (Lipinski definition) is 3. The molecular formula is C15H29N3O2. The molecule has 0 bridgehead atoms. The first kappa shape index (κ1) is 15.6. The molecule has 0 saturated carbocycles. The second kappa shape index (κ2) is 6.76. The number of rotatable bonds is 3. The fourth-order valence-electron chi connectivity index (χ4n) is 2.99. The predicted octanol–water partition coefficient (Wildman–Crippen LogP) is 1.54. The van der Waals surface area contributed by atoms with Gasteiger partial charge in [-0.05, 0) is 31.1 Å². The number of likely N-dealkylation sites (tertiary alicyclic amines) is 1. The van der Waals surface area contributed by atoms with Gasteiger partial charge in [-0.25, -0.2) is 4.79 Å². The average molecular weight is 283 g/mol. The van der Waals surface area contributed by atoms with Crippen molar-refractivity contribution in [2.75, 3.05) is 46.9 Å². The highest BCUT2D eigenvalue weighted by Gasteiger charge is 2.29. The minimum Gasteiger partial charge on any atom is -0.381 e. The number of urea groups is 1. The average Bonchev–Trinajstić information content (AvgIpc) is 2.46. The largest absolute Gasteiger partial charge is 0.381 e. The van der Waals surface area contributed by atoms with E-state index < -0.39 is 0 Å². The Morgan fingerprint density at radius 3 is 2.45 bits per heavy atom. The maximum Gasteiger partial charge on any atom is 0.319 e. The van der Waals surface area contributed by atoms with Gasteiger partial charge in [0, 0.05) is 53.0 Å². The van der Waals surface area contributed by atoms with Crippen molar-refractivity contribution in [1.29, 1.82) is 0 Å². The summed E-state index contributed by atoms with van der Waals surface area (Å²) >= 11 is 0. The molecule has 0 radical (unpaired) electrons. The Morgan fingerprint density at radius 2 is 1.90 bits per heavy atom. The number of nitrogens with one attached hydrogen (secondary N) is 1. The summed E-state index contributed by atoms with van der Waals surface area (Å²) in [6.45, 7) is 6.96. The first-order valence-corrected chi connectivity index (χ1v) is 7.77. The summed E-state index contributed by atoms with van der Waals surface area (Å²) in [4.78, 5) is 15.5. The standard InChI is InChI=1S/C15H29N3O2/c1-15(6-10-20-11-7-15)12-16-13-4-8-18(9-5-13)14(19)17(2)3/h13,16H,4-12H2,1-3H3. The van der Waals surface area contributed by atoms with Crippen LogP contribution in [0.15, 0.2) is 0 Å². The molecule has 2 heterocycles. The lowest BCUT2D eigenvalue weighted by Crippen LogP contribution is -2.49. The van der Waals surface area contributed by atoms with Crippen LogP contribution < -0.4 is 5.32 Å². The Labute approximate surface area is 122 Å². The normalized spacial score (nSPS) is 23.6. The van der Waals surface area contributed by atoms with Crippen LogP contribution in [0.5, 0.6) is 0 Å². The molecule has 20 heavy (non-hydrogen) atoms. The van der Waals surface area contributed by atoms with Gasteiger partial charge >= 0.3 is 6.03 Å². The van der Waals surface area contributed by atoms with Crippen molar-refractivity contribution in [2.24, 2.45) is 5.41 Å². The number of carbonyl (C=O) groups is 1. The van der Waals surface area contributed by atoms with Gasteiger partial charge in [0.05, 0.1) is 0 Å². The van der Waals surface area contributed by atoms with E-state index in [-0.39, 0.29) is 6.03 Å². The summed E-state index contributed by atoms with van der Waals surface area (Å²) in [6.07, 6.45) is 4.42. The number of amides is 2. The van der Waals surface area contributed by atoms with Gasteiger partial charge < -0.3 is 19.9 Å². The summed E-state index contributed by atoms with van der Waals surface area (Å²) in [5, 5.41) is 3.71. The highest BCUT2D eigenvalue weighted by Crippen LogP contribution is 2.29. The van der Waals surface area contributed by atoms with Crippen LogP contribution in [0.4, 0.5) is 4.79 Å². The van der Waals surface area contributed by atoms with Gasteiger partial charge in [-0.2, -0.15) is 0 Å². The molecule has 0 aromatic heterocycles. The maximum absolute atomic E-state index is 11.9. The van der Waals surface area contributed by atoms with E-state index >= 15 is 0 Å². The fraction of sp³-hybridized carbons (Fsp3) is 0.933. The van der Waals surface area contributed by atoms with Crippen molar-refractivity contribution in [3.63, 3.8) is 0 Å². The third-order valence-electron chi connectivity index (χ3n) is 4.67. The van der Waals surface area contributed by atoms with Crippen molar-refractivity contribution in [3.05, 3.63) is 0 Å². The van der Waals surface area contributed by atoms with E-state index in [1.54, 1.807) is 4.90 Å². The van der Waals surface area contributed by atoms with Gasteiger partial charge in [-0.15, -0.1) is 0 Å². The number of hydrogen-bond donors (Lipinski definition) is 1. The molecule has 0 aliphatic carbocycles.